The molecule has 1 fully saturated rings. The van der Waals surface area contributed by atoms with Gasteiger partial charge in [0.05, 0.1) is 13.2 Å². The lowest BCUT2D eigenvalue weighted by molar-refractivity contribution is -0.146. The fourth-order valence-corrected chi connectivity index (χ4v) is 2.01. The van der Waals surface area contributed by atoms with E-state index in [-0.39, 0.29) is 12.5 Å². The van der Waals surface area contributed by atoms with E-state index < -0.39 is 18.2 Å². The van der Waals surface area contributed by atoms with Gasteiger partial charge in [0.25, 0.3) is 0 Å². The highest BCUT2D eigenvalue weighted by molar-refractivity contribution is 5.82. The number of esters is 1. The first-order valence-corrected chi connectivity index (χ1v) is 6.18. The van der Waals surface area contributed by atoms with Crippen molar-refractivity contribution in [3.8, 4) is 0 Å². The molecular formula is C15H17O4+. The quantitative estimate of drug-likeness (QED) is 0.479. The predicted molar refractivity (Wildman–Crippen MR) is 70.0 cm³/mol. The molecule has 100 valence electrons. The first-order chi connectivity index (χ1) is 9.20. The van der Waals surface area contributed by atoms with Crippen LogP contribution in [0.3, 0.4) is 0 Å². The molecule has 0 saturated carbocycles. The molecule has 1 N–H and O–H groups in total. The van der Waals surface area contributed by atoms with E-state index in [9.17, 15) is 9.90 Å². The molecule has 0 amide bonds. The van der Waals surface area contributed by atoms with Crippen LogP contribution < -0.4 is 0 Å². The summed E-state index contributed by atoms with van der Waals surface area (Å²) < 4.78 is 10.5. The minimum atomic E-state index is -0.852. The van der Waals surface area contributed by atoms with Gasteiger partial charge in [0.1, 0.15) is 6.10 Å². The standard InChI is InChI=1S/C15H17O4/c1-2-12-8-14(17)19-15(12)13(16)10-18-9-11-6-4-3-5-7-11/h2-8,12-13,15-16H,1,9-10H2/q+1/t12-,13-,15-/m1/s1. The number of aliphatic hydroxyl groups excluding tert-OH is 1. The Morgan fingerprint density at radius 3 is 2.89 bits per heavy atom. The maximum absolute atomic E-state index is 11.1. The van der Waals surface area contributed by atoms with Crippen molar-refractivity contribution in [3.63, 3.8) is 0 Å². The van der Waals surface area contributed by atoms with Crippen molar-refractivity contribution in [1.29, 1.82) is 0 Å². The fraction of sp³-hybridized carbons (Fsp3) is 0.333. The smallest absolute Gasteiger partial charge is 0.418 e. The molecule has 0 unspecified atom stereocenters. The Bertz CT molecular complexity index is 429. The van der Waals surface area contributed by atoms with Crippen LogP contribution in [0.2, 0.25) is 0 Å². The van der Waals surface area contributed by atoms with Crippen molar-refractivity contribution in [2.75, 3.05) is 6.61 Å². The van der Waals surface area contributed by atoms with Gasteiger partial charge in [0.2, 0.25) is 6.42 Å². The van der Waals surface area contributed by atoms with E-state index in [4.69, 9.17) is 9.47 Å². The Morgan fingerprint density at radius 1 is 1.47 bits per heavy atom. The van der Waals surface area contributed by atoms with Gasteiger partial charge >= 0.3 is 5.97 Å². The molecule has 3 atom stereocenters. The average Bonchev–Trinajstić information content (AvgIpc) is 2.81. The van der Waals surface area contributed by atoms with Crippen LogP contribution in [0.1, 0.15) is 5.56 Å². The summed E-state index contributed by atoms with van der Waals surface area (Å²) in [5.41, 5.74) is 1.03. The van der Waals surface area contributed by atoms with Crippen LogP contribution in [0, 0.1) is 12.3 Å². The first kappa shape index (κ1) is 13.6. The van der Waals surface area contributed by atoms with Crippen LogP contribution in [-0.4, -0.2) is 29.9 Å². The summed E-state index contributed by atoms with van der Waals surface area (Å²) in [4.78, 5) is 11.1. The molecular weight excluding hydrogens is 244 g/mol. The van der Waals surface area contributed by atoms with E-state index in [1.54, 1.807) is 6.08 Å². The van der Waals surface area contributed by atoms with Crippen LogP contribution >= 0.6 is 0 Å². The molecule has 0 spiro atoms. The lowest BCUT2D eigenvalue weighted by atomic mass is 9.98. The van der Waals surface area contributed by atoms with Crippen LogP contribution in [0.15, 0.2) is 43.0 Å². The van der Waals surface area contributed by atoms with E-state index in [0.29, 0.717) is 6.61 Å². The van der Waals surface area contributed by atoms with E-state index in [0.717, 1.165) is 5.56 Å². The number of hydrogen-bond acceptors (Lipinski definition) is 4. The third-order valence-corrected chi connectivity index (χ3v) is 3.01. The topological polar surface area (TPSA) is 55.8 Å². The van der Waals surface area contributed by atoms with Gasteiger partial charge in [0.15, 0.2) is 12.0 Å². The molecule has 0 aliphatic carbocycles. The third-order valence-electron chi connectivity index (χ3n) is 3.01. The Kier molecular flexibility index (Phi) is 4.60. The number of carbonyl (C=O) groups excluding carboxylic acids is 1. The van der Waals surface area contributed by atoms with Gasteiger partial charge in [-0.1, -0.05) is 36.9 Å². The largest absolute Gasteiger partial charge is 0.497 e. The average molecular weight is 261 g/mol. The number of hydrogen-bond donors (Lipinski definition) is 1. The van der Waals surface area contributed by atoms with Crippen molar-refractivity contribution < 1.29 is 19.4 Å². The predicted octanol–water partition coefficient (Wildman–Crippen LogP) is 1.50. The van der Waals surface area contributed by atoms with Crippen molar-refractivity contribution in [1.82, 2.24) is 0 Å². The number of cyclic esters (lactones) is 1. The van der Waals surface area contributed by atoms with E-state index in [1.807, 2.05) is 30.3 Å². The Labute approximate surface area is 112 Å². The first-order valence-electron chi connectivity index (χ1n) is 6.18. The molecule has 1 aliphatic heterocycles. The lowest BCUT2D eigenvalue weighted by Gasteiger charge is -2.17. The summed E-state index contributed by atoms with van der Waals surface area (Å²) in [7, 11) is 0. The maximum atomic E-state index is 11.1. The SMILES string of the molecule is C=C[C@@H]1[CH+]C(=O)O[C@H]1[C@H](O)COCc1ccccc1. The number of aliphatic hydroxyl groups is 1. The van der Waals surface area contributed by atoms with Gasteiger partial charge in [0, 0.05) is 0 Å². The van der Waals surface area contributed by atoms with Gasteiger partial charge in [-0.2, -0.15) is 4.79 Å². The molecule has 1 saturated heterocycles. The van der Waals surface area contributed by atoms with Gasteiger partial charge in [-0.25, -0.2) is 0 Å². The highest BCUT2D eigenvalue weighted by atomic mass is 16.6. The monoisotopic (exact) mass is 261 g/mol. The second-order valence-electron chi connectivity index (χ2n) is 4.45. The Balaban J connectivity index is 1.79. The van der Waals surface area contributed by atoms with E-state index in [2.05, 4.69) is 6.58 Å². The van der Waals surface area contributed by atoms with Crippen molar-refractivity contribution in [3.05, 3.63) is 55.0 Å². The molecule has 19 heavy (non-hydrogen) atoms. The van der Waals surface area contributed by atoms with Crippen LogP contribution in [0.25, 0.3) is 0 Å². The minimum Gasteiger partial charge on any atom is -0.418 e. The summed E-state index contributed by atoms with van der Waals surface area (Å²) >= 11 is 0. The second-order valence-corrected chi connectivity index (χ2v) is 4.45. The highest BCUT2D eigenvalue weighted by Crippen LogP contribution is 2.25. The summed E-state index contributed by atoms with van der Waals surface area (Å²) in [6.45, 7) is 4.16. The van der Waals surface area contributed by atoms with E-state index in [1.165, 1.54) is 6.42 Å². The second kappa shape index (κ2) is 6.41. The lowest BCUT2D eigenvalue weighted by Crippen LogP contribution is -2.34. The van der Waals surface area contributed by atoms with Crippen LogP contribution in [0.4, 0.5) is 0 Å². The number of carbonyl (C=O) groups is 1. The molecule has 0 radical (unpaired) electrons. The molecule has 0 aromatic heterocycles. The fourth-order valence-electron chi connectivity index (χ4n) is 2.01. The molecule has 1 aromatic carbocycles. The molecule has 2 rings (SSSR count). The Morgan fingerprint density at radius 2 is 2.21 bits per heavy atom. The zero-order valence-corrected chi connectivity index (χ0v) is 10.6. The molecule has 1 heterocycles. The summed E-state index contributed by atoms with van der Waals surface area (Å²) in [6, 6.07) is 9.68. The zero-order chi connectivity index (χ0) is 13.7. The van der Waals surface area contributed by atoms with Crippen molar-refractivity contribution in [2.24, 2.45) is 5.92 Å². The molecule has 4 nitrogen and oxygen atoms in total. The summed E-state index contributed by atoms with van der Waals surface area (Å²) in [5, 5.41) is 9.98. The highest BCUT2D eigenvalue weighted by Gasteiger charge is 2.46. The van der Waals surface area contributed by atoms with Gasteiger partial charge < -0.3 is 14.6 Å². The minimum absolute atomic E-state index is 0.116. The summed E-state index contributed by atoms with van der Waals surface area (Å²) in [5.74, 6) is -0.681. The number of benzene rings is 1. The normalized spacial score (nSPS) is 23.5. The van der Waals surface area contributed by atoms with Gasteiger partial charge in [-0.15, -0.1) is 0 Å². The molecule has 4 heteroatoms. The van der Waals surface area contributed by atoms with Gasteiger partial charge in [-0.3, -0.25) is 0 Å². The number of rotatable bonds is 6. The summed E-state index contributed by atoms with van der Waals surface area (Å²) in [6.07, 6.45) is 1.56. The zero-order valence-electron chi connectivity index (χ0n) is 10.6. The number of ether oxygens (including phenoxy) is 2. The van der Waals surface area contributed by atoms with Crippen LogP contribution in [0.5, 0.6) is 0 Å². The molecule has 1 aliphatic rings. The maximum Gasteiger partial charge on any atom is 0.497 e. The van der Waals surface area contributed by atoms with Crippen molar-refractivity contribution >= 4 is 5.97 Å². The van der Waals surface area contributed by atoms with Crippen molar-refractivity contribution in [2.45, 2.75) is 18.8 Å². The van der Waals surface area contributed by atoms with Gasteiger partial charge in [-0.05, 0) is 11.6 Å². The third kappa shape index (κ3) is 3.59. The Hall–Kier alpha value is -1.78. The molecule has 0 bridgehead atoms. The molecule has 1 aromatic rings. The van der Waals surface area contributed by atoms with E-state index >= 15 is 0 Å². The van der Waals surface area contributed by atoms with Crippen LogP contribution in [-0.2, 0) is 20.9 Å².